The molecule has 3 heteroatoms. The Morgan fingerprint density at radius 2 is 1.89 bits per heavy atom. The fraction of sp³-hybridized carbons (Fsp3) is 0.933. The summed E-state index contributed by atoms with van der Waals surface area (Å²) in [7, 11) is 0. The molecule has 3 aliphatic carbocycles. The average molecular weight is 252 g/mol. The van der Waals surface area contributed by atoms with Gasteiger partial charge in [0.15, 0.2) is 0 Å². The normalized spacial score (nSPS) is 52.9. The molecular weight excluding hydrogens is 228 g/mol. The van der Waals surface area contributed by atoms with Gasteiger partial charge in [-0.25, -0.2) is 0 Å². The topological polar surface area (TPSA) is 57.5 Å². The highest BCUT2D eigenvalue weighted by atomic mass is 16.3. The first-order chi connectivity index (χ1) is 8.31. The zero-order chi connectivity index (χ0) is 13.3. The summed E-state index contributed by atoms with van der Waals surface area (Å²) in [6.45, 7) is 6.64. The monoisotopic (exact) mass is 252 g/mol. The molecule has 5 atom stereocenters. The van der Waals surface area contributed by atoms with Crippen molar-refractivity contribution in [3.05, 3.63) is 0 Å². The summed E-state index contributed by atoms with van der Waals surface area (Å²) in [5.74, 6) is 0.416. The minimum atomic E-state index is -0.331. The number of hydrogen-bond acceptors (Lipinski definition) is 3. The second-order valence-corrected chi connectivity index (χ2v) is 7.83. The maximum Gasteiger partial charge on any atom is 0.142 e. The molecule has 3 nitrogen and oxygen atoms in total. The van der Waals surface area contributed by atoms with E-state index in [9.17, 15) is 15.0 Å². The van der Waals surface area contributed by atoms with Gasteiger partial charge in [0.1, 0.15) is 5.78 Å². The van der Waals surface area contributed by atoms with Crippen LogP contribution in [0.15, 0.2) is 0 Å². The molecule has 0 amide bonds. The Labute approximate surface area is 109 Å². The molecule has 2 N–H and O–H groups in total. The van der Waals surface area contributed by atoms with Crippen LogP contribution in [0.25, 0.3) is 0 Å². The van der Waals surface area contributed by atoms with Gasteiger partial charge in [0.2, 0.25) is 0 Å². The highest BCUT2D eigenvalue weighted by Crippen LogP contribution is 2.78. The maximum absolute atomic E-state index is 12.6. The van der Waals surface area contributed by atoms with Crippen molar-refractivity contribution in [1.29, 1.82) is 0 Å². The van der Waals surface area contributed by atoms with Gasteiger partial charge in [-0.05, 0) is 36.0 Å². The second-order valence-electron chi connectivity index (χ2n) is 7.83. The minimum Gasteiger partial charge on any atom is -0.396 e. The number of aliphatic hydroxyl groups excluding tert-OH is 2. The molecule has 3 saturated carbocycles. The van der Waals surface area contributed by atoms with Crippen molar-refractivity contribution in [2.24, 2.45) is 34.0 Å². The molecule has 0 spiro atoms. The molecule has 0 heterocycles. The summed E-state index contributed by atoms with van der Waals surface area (Å²) in [6.07, 6.45) is 2.94. The fourth-order valence-corrected chi connectivity index (χ4v) is 5.30. The Balaban J connectivity index is 2.02. The van der Waals surface area contributed by atoms with Crippen molar-refractivity contribution in [1.82, 2.24) is 0 Å². The van der Waals surface area contributed by atoms with Crippen LogP contribution in [0, 0.1) is 34.0 Å². The van der Waals surface area contributed by atoms with Gasteiger partial charge in [0, 0.05) is 17.3 Å². The van der Waals surface area contributed by atoms with E-state index in [0.717, 1.165) is 19.3 Å². The van der Waals surface area contributed by atoms with E-state index in [2.05, 4.69) is 20.8 Å². The highest BCUT2D eigenvalue weighted by molar-refractivity contribution is 5.87. The standard InChI is InChI=1S/C15H24O3/c1-13(2)4-9-10(5-13)14(3)7-15(14,8-17)11(6-16)12(9)18/h9-11,16-17H,4-8H2,1-3H3/t9-,10+,11+,14-,15-/m1/s1. The second kappa shape index (κ2) is 3.37. The van der Waals surface area contributed by atoms with Crippen LogP contribution < -0.4 is 0 Å². The quantitative estimate of drug-likeness (QED) is 0.785. The Bertz CT molecular complexity index is 403. The lowest BCUT2D eigenvalue weighted by molar-refractivity contribution is -0.140. The predicted molar refractivity (Wildman–Crippen MR) is 67.8 cm³/mol. The molecule has 3 rings (SSSR count). The molecule has 0 bridgehead atoms. The molecule has 0 aromatic carbocycles. The number of carbonyl (C=O) groups excluding carboxylic acids is 1. The third-order valence-corrected chi connectivity index (χ3v) is 6.38. The Morgan fingerprint density at radius 1 is 1.22 bits per heavy atom. The van der Waals surface area contributed by atoms with Gasteiger partial charge in [0.05, 0.1) is 13.2 Å². The van der Waals surface area contributed by atoms with Gasteiger partial charge in [-0.2, -0.15) is 0 Å². The number of aliphatic hydroxyl groups is 2. The summed E-state index contributed by atoms with van der Waals surface area (Å²) in [5.41, 5.74) is -0.0238. The van der Waals surface area contributed by atoms with Gasteiger partial charge in [0.25, 0.3) is 0 Å². The van der Waals surface area contributed by atoms with E-state index < -0.39 is 0 Å². The predicted octanol–water partition coefficient (Wildman–Crippen LogP) is 1.62. The molecule has 3 aliphatic rings. The van der Waals surface area contributed by atoms with Gasteiger partial charge in [-0.15, -0.1) is 0 Å². The van der Waals surface area contributed by atoms with Crippen molar-refractivity contribution in [3.63, 3.8) is 0 Å². The number of ketones is 1. The van der Waals surface area contributed by atoms with E-state index in [1.54, 1.807) is 0 Å². The number of hydrogen-bond donors (Lipinski definition) is 2. The van der Waals surface area contributed by atoms with Crippen LogP contribution >= 0.6 is 0 Å². The summed E-state index contributed by atoms with van der Waals surface area (Å²) >= 11 is 0. The zero-order valence-electron chi connectivity index (χ0n) is 11.6. The first-order valence-corrected chi connectivity index (χ1v) is 7.07. The van der Waals surface area contributed by atoms with E-state index >= 15 is 0 Å². The highest BCUT2D eigenvalue weighted by Gasteiger charge is 2.77. The van der Waals surface area contributed by atoms with Crippen LogP contribution in [0.1, 0.15) is 40.0 Å². The van der Waals surface area contributed by atoms with Crippen LogP contribution in [0.4, 0.5) is 0 Å². The SMILES string of the molecule is CC1(C)C[C@H]2C(=O)[C@H](CO)[C@]3(CO)C[C@]3(C)[C@H]2C1. The Kier molecular flexibility index (Phi) is 2.36. The summed E-state index contributed by atoms with van der Waals surface area (Å²) in [6, 6.07) is 0. The molecule has 0 aliphatic heterocycles. The van der Waals surface area contributed by atoms with Crippen LogP contribution in [0.3, 0.4) is 0 Å². The molecule has 0 aromatic rings. The van der Waals surface area contributed by atoms with E-state index in [4.69, 9.17) is 0 Å². The van der Waals surface area contributed by atoms with E-state index in [1.807, 2.05) is 0 Å². The largest absolute Gasteiger partial charge is 0.396 e. The van der Waals surface area contributed by atoms with E-state index in [0.29, 0.717) is 5.92 Å². The third-order valence-electron chi connectivity index (χ3n) is 6.38. The first kappa shape index (κ1) is 12.6. The maximum atomic E-state index is 12.6. The lowest BCUT2D eigenvalue weighted by atomic mass is 9.63. The number of carbonyl (C=O) groups is 1. The molecule has 0 unspecified atom stereocenters. The molecular formula is C15H24O3. The van der Waals surface area contributed by atoms with Crippen molar-refractivity contribution in [2.75, 3.05) is 13.2 Å². The van der Waals surface area contributed by atoms with Crippen LogP contribution in [0.2, 0.25) is 0 Å². The molecule has 102 valence electrons. The first-order valence-electron chi connectivity index (χ1n) is 7.07. The summed E-state index contributed by atoms with van der Waals surface area (Å²) < 4.78 is 0. The minimum absolute atomic E-state index is 0.0457. The zero-order valence-corrected chi connectivity index (χ0v) is 11.6. The van der Waals surface area contributed by atoms with Crippen LogP contribution in [0.5, 0.6) is 0 Å². The Hall–Kier alpha value is -0.410. The fourth-order valence-electron chi connectivity index (χ4n) is 5.30. The van der Waals surface area contributed by atoms with Gasteiger partial charge in [-0.3, -0.25) is 4.79 Å². The molecule has 0 radical (unpaired) electrons. The van der Waals surface area contributed by atoms with Crippen molar-refractivity contribution in [3.8, 4) is 0 Å². The van der Waals surface area contributed by atoms with Gasteiger partial charge < -0.3 is 10.2 Å². The van der Waals surface area contributed by atoms with Crippen LogP contribution in [-0.2, 0) is 4.79 Å². The van der Waals surface area contributed by atoms with E-state index in [-0.39, 0.29) is 47.1 Å². The van der Waals surface area contributed by atoms with Crippen molar-refractivity contribution in [2.45, 2.75) is 40.0 Å². The molecule has 0 saturated heterocycles. The van der Waals surface area contributed by atoms with Crippen molar-refractivity contribution >= 4 is 5.78 Å². The lowest BCUT2D eigenvalue weighted by Gasteiger charge is -2.40. The van der Waals surface area contributed by atoms with E-state index in [1.165, 1.54) is 0 Å². The van der Waals surface area contributed by atoms with Crippen LogP contribution in [-0.4, -0.2) is 29.2 Å². The summed E-state index contributed by atoms with van der Waals surface area (Å²) in [4.78, 5) is 12.6. The lowest BCUT2D eigenvalue weighted by Crippen LogP contribution is -2.46. The molecule has 3 fully saturated rings. The van der Waals surface area contributed by atoms with Gasteiger partial charge >= 0.3 is 0 Å². The van der Waals surface area contributed by atoms with Crippen molar-refractivity contribution < 1.29 is 15.0 Å². The average Bonchev–Trinajstić information content (AvgIpc) is 2.77. The molecule has 0 aromatic heterocycles. The molecule has 18 heavy (non-hydrogen) atoms. The summed E-state index contributed by atoms with van der Waals surface area (Å²) in [5, 5.41) is 19.4. The Morgan fingerprint density at radius 3 is 2.44 bits per heavy atom. The number of rotatable bonds is 2. The number of Topliss-reactive ketones (excluding diaryl/α,β-unsaturated/α-hetero) is 1. The van der Waals surface area contributed by atoms with Gasteiger partial charge in [-0.1, -0.05) is 20.8 Å². The number of fused-ring (bicyclic) bond motifs is 3. The third kappa shape index (κ3) is 1.25. The smallest absolute Gasteiger partial charge is 0.142 e.